The van der Waals surface area contributed by atoms with Gasteiger partial charge < -0.3 is 5.11 Å². The van der Waals surface area contributed by atoms with Crippen LogP contribution in [0.4, 0.5) is 8.78 Å². The fourth-order valence-electron chi connectivity index (χ4n) is 1.15. The number of halogens is 2. The van der Waals surface area contributed by atoms with Crippen LogP contribution in [0, 0.1) is 0 Å². The van der Waals surface area contributed by atoms with Crippen LogP contribution in [0.15, 0.2) is 0 Å². The summed E-state index contributed by atoms with van der Waals surface area (Å²) >= 11 is 1.21. The van der Waals surface area contributed by atoms with E-state index in [-0.39, 0.29) is 12.8 Å². The van der Waals surface area contributed by atoms with Gasteiger partial charge in [-0.05, 0) is 19.1 Å². The summed E-state index contributed by atoms with van der Waals surface area (Å²) in [6, 6.07) is 0. The van der Waals surface area contributed by atoms with Gasteiger partial charge in [0.05, 0.1) is 5.25 Å². The second kappa shape index (κ2) is 7.04. The zero-order chi connectivity index (χ0) is 11.9. The first kappa shape index (κ1) is 14.7. The molecule has 90 valence electrons. The molecule has 0 aliphatic carbocycles. The van der Waals surface area contributed by atoms with Crippen molar-refractivity contribution in [1.82, 2.24) is 0 Å². The average Bonchev–Trinajstić information content (AvgIpc) is 2.11. The summed E-state index contributed by atoms with van der Waals surface area (Å²) < 4.78 is 26.0. The Morgan fingerprint density at radius 3 is 2.53 bits per heavy atom. The Bertz CT molecular complexity index is 198. The highest BCUT2D eigenvalue weighted by atomic mass is 32.2. The zero-order valence-electron chi connectivity index (χ0n) is 9.13. The van der Waals surface area contributed by atoms with E-state index in [9.17, 15) is 13.6 Å². The van der Waals surface area contributed by atoms with E-state index in [2.05, 4.69) is 0 Å². The van der Waals surface area contributed by atoms with E-state index >= 15 is 0 Å². The van der Waals surface area contributed by atoms with E-state index in [1.54, 1.807) is 13.8 Å². The van der Waals surface area contributed by atoms with Gasteiger partial charge >= 0.3 is 5.97 Å². The van der Waals surface area contributed by atoms with Crippen molar-refractivity contribution in [2.24, 2.45) is 0 Å². The number of hydrogen-bond donors (Lipinski definition) is 1. The number of hydrogen-bond acceptors (Lipinski definition) is 2. The zero-order valence-corrected chi connectivity index (χ0v) is 9.95. The van der Waals surface area contributed by atoms with E-state index < -0.39 is 17.1 Å². The lowest BCUT2D eigenvalue weighted by molar-refractivity contribution is -0.136. The summed E-state index contributed by atoms with van der Waals surface area (Å²) in [4.78, 5) is 10.4. The molecule has 0 spiro atoms. The van der Waals surface area contributed by atoms with Crippen LogP contribution in [-0.2, 0) is 4.79 Å². The Balaban J connectivity index is 3.58. The highest BCUT2D eigenvalue weighted by Gasteiger charge is 2.26. The number of carbonyl (C=O) groups is 1. The smallest absolute Gasteiger partial charge is 0.316 e. The Labute approximate surface area is 93.4 Å². The minimum atomic E-state index is -2.58. The molecule has 5 heteroatoms. The van der Waals surface area contributed by atoms with Gasteiger partial charge in [-0.15, -0.1) is 11.8 Å². The monoisotopic (exact) mass is 240 g/mol. The summed E-state index contributed by atoms with van der Waals surface area (Å²) in [6.45, 7) is 3.30. The lowest BCUT2D eigenvalue weighted by atomic mass is 10.1. The highest BCUT2D eigenvalue weighted by Crippen LogP contribution is 2.27. The van der Waals surface area contributed by atoms with E-state index in [4.69, 9.17) is 5.11 Å². The van der Waals surface area contributed by atoms with Crippen molar-refractivity contribution in [3.8, 4) is 0 Å². The van der Waals surface area contributed by atoms with Gasteiger partial charge in [0.1, 0.15) is 0 Å². The van der Waals surface area contributed by atoms with Crippen LogP contribution in [0.1, 0.15) is 39.5 Å². The maximum absolute atomic E-state index is 13.0. The Morgan fingerprint density at radius 2 is 2.07 bits per heavy atom. The fraction of sp³-hybridized carbons (Fsp3) is 0.900. The molecule has 2 nitrogen and oxygen atoms in total. The van der Waals surface area contributed by atoms with E-state index in [0.29, 0.717) is 18.6 Å². The van der Waals surface area contributed by atoms with Crippen LogP contribution in [0.25, 0.3) is 0 Å². The Hall–Kier alpha value is -0.320. The van der Waals surface area contributed by atoms with Gasteiger partial charge in [0.15, 0.2) is 0 Å². The summed E-state index contributed by atoms with van der Waals surface area (Å²) in [5.74, 6) is -2.99. The molecule has 0 rings (SSSR count). The van der Waals surface area contributed by atoms with Gasteiger partial charge in [0.2, 0.25) is 5.92 Å². The summed E-state index contributed by atoms with van der Waals surface area (Å²) in [5, 5.41) is 8.05. The van der Waals surface area contributed by atoms with Crippen molar-refractivity contribution < 1.29 is 18.7 Å². The highest BCUT2D eigenvalue weighted by molar-refractivity contribution is 8.00. The molecule has 0 saturated carbocycles. The van der Waals surface area contributed by atoms with Crippen LogP contribution >= 0.6 is 11.8 Å². The minimum absolute atomic E-state index is 0.0772. The number of carboxylic acids is 1. The molecule has 0 radical (unpaired) electrons. The van der Waals surface area contributed by atoms with Gasteiger partial charge in [-0.2, -0.15) is 0 Å². The molecule has 0 heterocycles. The van der Waals surface area contributed by atoms with Gasteiger partial charge in [-0.1, -0.05) is 13.3 Å². The average molecular weight is 240 g/mol. The van der Waals surface area contributed by atoms with Crippen molar-refractivity contribution in [3.05, 3.63) is 0 Å². The van der Waals surface area contributed by atoms with Crippen LogP contribution in [-0.4, -0.2) is 28.0 Å². The van der Waals surface area contributed by atoms with Crippen molar-refractivity contribution >= 4 is 17.7 Å². The molecular formula is C10H18F2O2S. The van der Waals surface area contributed by atoms with E-state index in [0.717, 1.165) is 0 Å². The van der Waals surface area contributed by atoms with Crippen LogP contribution in [0.5, 0.6) is 0 Å². The first-order valence-corrected chi connectivity index (χ1v) is 6.16. The number of aliphatic carboxylic acids is 1. The maximum Gasteiger partial charge on any atom is 0.316 e. The molecule has 0 amide bonds. The molecule has 0 saturated heterocycles. The molecule has 1 unspecified atom stereocenters. The first-order chi connectivity index (χ1) is 6.89. The third-order valence-electron chi connectivity index (χ3n) is 2.02. The van der Waals surface area contributed by atoms with Crippen molar-refractivity contribution in [2.75, 3.05) is 5.75 Å². The quantitative estimate of drug-likeness (QED) is 0.661. The summed E-state index contributed by atoms with van der Waals surface area (Å²) in [5.41, 5.74) is 0. The van der Waals surface area contributed by atoms with Crippen molar-refractivity contribution in [2.45, 2.75) is 50.7 Å². The second-order valence-electron chi connectivity index (χ2n) is 3.56. The number of rotatable bonds is 8. The van der Waals surface area contributed by atoms with Crippen LogP contribution in [0.3, 0.4) is 0 Å². The third kappa shape index (κ3) is 7.59. The van der Waals surface area contributed by atoms with E-state index in [1.807, 2.05) is 0 Å². The Kier molecular flexibility index (Phi) is 6.89. The molecule has 0 aromatic rings. The number of carboxylic acid groups (broad SMARTS) is 1. The second-order valence-corrected chi connectivity index (χ2v) is 5.01. The molecule has 0 aliphatic heterocycles. The lowest BCUT2D eigenvalue weighted by Crippen LogP contribution is -2.16. The molecular weight excluding hydrogens is 222 g/mol. The van der Waals surface area contributed by atoms with Gasteiger partial charge in [-0.3, -0.25) is 4.79 Å². The predicted octanol–water partition coefficient (Wildman–Crippen LogP) is 3.41. The molecule has 0 aromatic heterocycles. The summed E-state index contributed by atoms with van der Waals surface area (Å²) in [6.07, 6.45) is 0.632. The Morgan fingerprint density at radius 1 is 1.47 bits per heavy atom. The van der Waals surface area contributed by atoms with Crippen LogP contribution in [0.2, 0.25) is 0 Å². The standard InChI is InChI=1S/C10H18F2O2S/c1-3-5-10(11,12)6-4-7-15-8(2)9(13)14/h8H,3-7H2,1-2H3,(H,13,14). The lowest BCUT2D eigenvalue weighted by Gasteiger charge is -2.15. The molecule has 0 aliphatic rings. The topological polar surface area (TPSA) is 37.3 Å². The van der Waals surface area contributed by atoms with E-state index in [1.165, 1.54) is 11.8 Å². The number of alkyl halides is 2. The minimum Gasteiger partial charge on any atom is -0.480 e. The maximum atomic E-state index is 13.0. The van der Waals surface area contributed by atoms with Gasteiger partial charge in [-0.25, -0.2) is 8.78 Å². The molecule has 1 atom stereocenters. The SMILES string of the molecule is CCCC(F)(F)CCCSC(C)C(=O)O. The van der Waals surface area contributed by atoms with Crippen molar-refractivity contribution in [3.63, 3.8) is 0 Å². The normalized spacial score (nSPS) is 13.9. The fourth-order valence-corrected chi connectivity index (χ4v) is 1.96. The molecule has 0 fully saturated rings. The third-order valence-corrected chi connectivity index (χ3v) is 3.24. The van der Waals surface area contributed by atoms with Gasteiger partial charge in [0, 0.05) is 12.8 Å². The largest absolute Gasteiger partial charge is 0.480 e. The first-order valence-electron chi connectivity index (χ1n) is 5.11. The molecule has 0 aromatic carbocycles. The molecule has 15 heavy (non-hydrogen) atoms. The molecule has 1 N–H and O–H groups in total. The number of thioether (sulfide) groups is 1. The molecule has 0 bridgehead atoms. The van der Waals surface area contributed by atoms with Crippen LogP contribution < -0.4 is 0 Å². The van der Waals surface area contributed by atoms with Crippen molar-refractivity contribution in [1.29, 1.82) is 0 Å². The summed E-state index contributed by atoms with van der Waals surface area (Å²) in [7, 11) is 0. The predicted molar refractivity (Wildman–Crippen MR) is 58.6 cm³/mol. The van der Waals surface area contributed by atoms with Gasteiger partial charge in [0.25, 0.3) is 0 Å².